The van der Waals surface area contributed by atoms with Gasteiger partial charge in [-0.15, -0.1) is 0 Å². The molecule has 7 heteroatoms. The lowest BCUT2D eigenvalue weighted by Crippen LogP contribution is -2.44. The summed E-state index contributed by atoms with van der Waals surface area (Å²) < 4.78 is 5.19. The Morgan fingerprint density at radius 3 is 2.36 bits per heavy atom. The Bertz CT molecular complexity index is 869. The third kappa shape index (κ3) is 3.48. The molecule has 1 unspecified atom stereocenters. The summed E-state index contributed by atoms with van der Waals surface area (Å²) in [5.74, 6) is 0.211. The topological polar surface area (TPSA) is 53.0 Å². The van der Waals surface area contributed by atoms with Crippen LogP contribution in [0.4, 0.5) is 5.69 Å². The summed E-state index contributed by atoms with van der Waals surface area (Å²) in [7, 11) is 1.56. The number of carbonyl (C=O) groups excluding carboxylic acids is 1. The molecule has 0 saturated heterocycles. The average Bonchev–Trinajstić information content (AvgIpc) is 2.91. The van der Waals surface area contributed by atoms with E-state index < -0.39 is 11.5 Å². The van der Waals surface area contributed by atoms with Crippen molar-refractivity contribution >= 4 is 34.8 Å². The van der Waals surface area contributed by atoms with Crippen molar-refractivity contribution in [1.29, 1.82) is 0 Å². The number of nitrogens with zero attached hydrogens (tertiary/aromatic N) is 2. The molecule has 0 bridgehead atoms. The Kier molecular flexibility index (Phi) is 6.20. The zero-order valence-corrected chi connectivity index (χ0v) is 17.7. The Morgan fingerprint density at radius 1 is 1.14 bits per heavy atom. The van der Waals surface area contributed by atoms with Crippen molar-refractivity contribution in [3.05, 3.63) is 57.6 Å². The van der Waals surface area contributed by atoms with E-state index in [0.717, 1.165) is 13.1 Å². The first-order chi connectivity index (χ1) is 13.4. The molecule has 1 heterocycles. The van der Waals surface area contributed by atoms with Crippen LogP contribution >= 0.6 is 23.2 Å². The summed E-state index contributed by atoms with van der Waals surface area (Å²) in [5, 5.41) is 12.3. The fourth-order valence-electron chi connectivity index (χ4n) is 3.65. The summed E-state index contributed by atoms with van der Waals surface area (Å²) >= 11 is 12.7. The highest BCUT2D eigenvalue weighted by atomic mass is 35.5. The van der Waals surface area contributed by atoms with E-state index in [1.165, 1.54) is 0 Å². The van der Waals surface area contributed by atoms with E-state index in [9.17, 15) is 9.90 Å². The lowest BCUT2D eigenvalue weighted by Gasteiger charge is -2.26. The second-order valence-corrected chi connectivity index (χ2v) is 7.55. The smallest absolute Gasteiger partial charge is 0.268 e. The van der Waals surface area contributed by atoms with Crippen molar-refractivity contribution in [3.8, 4) is 5.75 Å². The van der Waals surface area contributed by atoms with Gasteiger partial charge in [0.1, 0.15) is 5.75 Å². The number of halogens is 2. The number of benzene rings is 2. The highest BCUT2D eigenvalue weighted by Crippen LogP contribution is 2.49. The number of aliphatic hydroxyl groups is 1. The van der Waals surface area contributed by atoms with Gasteiger partial charge >= 0.3 is 0 Å². The summed E-state index contributed by atoms with van der Waals surface area (Å²) in [5.41, 5.74) is -0.512. The van der Waals surface area contributed by atoms with E-state index in [1.54, 1.807) is 48.4 Å². The van der Waals surface area contributed by atoms with Gasteiger partial charge in [-0.05, 0) is 42.9 Å². The Hall–Kier alpha value is -1.79. The second kappa shape index (κ2) is 8.29. The number of hydrogen-bond acceptors (Lipinski definition) is 4. The number of hydrogen-bond donors (Lipinski definition) is 1. The van der Waals surface area contributed by atoms with Crippen molar-refractivity contribution in [2.75, 3.05) is 38.2 Å². The van der Waals surface area contributed by atoms with Crippen molar-refractivity contribution in [1.82, 2.24) is 4.90 Å². The molecule has 0 saturated carbocycles. The van der Waals surface area contributed by atoms with Crippen molar-refractivity contribution < 1.29 is 14.6 Å². The van der Waals surface area contributed by atoms with Crippen LogP contribution in [-0.4, -0.2) is 49.2 Å². The largest absolute Gasteiger partial charge is 0.497 e. The first kappa shape index (κ1) is 20.9. The van der Waals surface area contributed by atoms with Gasteiger partial charge in [-0.3, -0.25) is 4.79 Å². The molecule has 2 aromatic rings. The van der Waals surface area contributed by atoms with Gasteiger partial charge in [0.2, 0.25) is 0 Å². The van der Waals surface area contributed by atoms with E-state index in [4.69, 9.17) is 27.9 Å². The molecule has 1 aliphatic rings. The quantitative estimate of drug-likeness (QED) is 0.734. The van der Waals surface area contributed by atoms with E-state index in [0.29, 0.717) is 40.7 Å². The van der Waals surface area contributed by atoms with Crippen LogP contribution in [0.15, 0.2) is 36.4 Å². The molecule has 0 aromatic heterocycles. The molecule has 5 nitrogen and oxygen atoms in total. The number of amides is 1. The molecule has 0 spiro atoms. The van der Waals surface area contributed by atoms with Gasteiger partial charge in [-0.2, -0.15) is 0 Å². The van der Waals surface area contributed by atoms with Gasteiger partial charge in [0.15, 0.2) is 5.60 Å². The van der Waals surface area contributed by atoms with E-state index >= 15 is 0 Å². The maximum Gasteiger partial charge on any atom is 0.268 e. The Morgan fingerprint density at radius 2 is 1.79 bits per heavy atom. The van der Waals surface area contributed by atoms with Gasteiger partial charge in [0.25, 0.3) is 5.91 Å². The lowest BCUT2D eigenvalue weighted by atomic mass is 9.87. The molecule has 150 valence electrons. The number of methoxy groups -OCH3 is 1. The molecule has 1 aliphatic heterocycles. The highest BCUT2D eigenvalue weighted by molar-refractivity contribution is 6.37. The van der Waals surface area contributed by atoms with Crippen LogP contribution in [0.3, 0.4) is 0 Å². The second-order valence-electron chi connectivity index (χ2n) is 6.70. The minimum atomic E-state index is -1.87. The van der Waals surface area contributed by atoms with Gasteiger partial charge in [-0.25, -0.2) is 0 Å². The monoisotopic (exact) mass is 422 g/mol. The third-order valence-corrected chi connectivity index (χ3v) is 5.80. The molecular weight excluding hydrogens is 399 g/mol. The molecule has 0 radical (unpaired) electrons. The summed E-state index contributed by atoms with van der Waals surface area (Å²) in [6.07, 6.45) is 0. The Labute approximate surface area is 175 Å². The third-order valence-electron chi connectivity index (χ3n) is 5.28. The number of fused-ring (bicyclic) bond motifs is 1. The molecule has 2 aromatic carbocycles. The zero-order chi connectivity index (χ0) is 20.5. The minimum absolute atomic E-state index is 0.263. The van der Waals surface area contributed by atoms with E-state index in [2.05, 4.69) is 18.7 Å². The number of anilines is 1. The fraction of sp³-hybridized carbons (Fsp3) is 0.381. The Balaban J connectivity index is 2.08. The SMILES string of the molecule is CCN(CC)CCN1C(=O)C(O)(c2ccc(OC)cc2)c2c(Cl)cc(Cl)cc21. The van der Waals surface area contributed by atoms with Crippen LogP contribution in [-0.2, 0) is 10.4 Å². The van der Waals surface area contributed by atoms with Crippen LogP contribution < -0.4 is 9.64 Å². The zero-order valence-electron chi connectivity index (χ0n) is 16.2. The van der Waals surface area contributed by atoms with Gasteiger partial charge in [0, 0.05) is 23.7 Å². The van der Waals surface area contributed by atoms with Crippen LogP contribution in [0.1, 0.15) is 25.0 Å². The molecule has 0 aliphatic carbocycles. The number of likely N-dealkylation sites (N-methyl/N-ethyl adjacent to an activating group) is 1. The normalized spacial score (nSPS) is 18.7. The molecule has 1 amide bonds. The standard InChI is InChI=1S/C21H24Cl2N2O3/c1-4-24(5-2)10-11-25-18-13-15(22)12-17(23)19(18)21(27,20(25)26)14-6-8-16(28-3)9-7-14/h6-9,12-13,27H,4-5,10-11H2,1-3H3. The van der Waals surface area contributed by atoms with Crippen LogP contribution in [0.2, 0.25) is 10.0 Å². The van der Waals surface area contributed by atoms with Gasteiger partial charge in [-0.1, -0.05) is 49.2 Å². The number of rotatable bonds is 7. The van der Waals surface area contributed by atoms with Crippen LogP contribution in [0.25, 0.3) is 0 Å². The fourth-order valence-corrected chi connectivity index (χ4v) is 4.27. The van der Waals surface area contributed by atoms with E-state index in [-0.39, 0.29) is 5.02 Å². The number of carbonyl (C=O) groups is 1. The van der Waals surface area contributed by atoms with Crippen molar-refractivity contribution in [3.63, 3.8) is 0 Å². The van der Waals surface area contributed by atoms with Gasteiger partial charge in [0.05, 0.1) is 17.8 Å². The number of ether oxygens (including phenoxy) is 1. The average molecular weight is 423 g/mol. The molecule has 3 rings (SSSR count). The molecule has 1 atom stereocenters. The van der Waals surface area contributed by atoms with Gasteiger partial charge < -0.3 is 19.6 Å². The summed E-state index contributed by atoms with van der Waals surface area (Å²) in [6.45, 7) is 7.02. The summed E-state index contributed by atoms with van der Waals surface area (Å²) in [6, 6.07) is 10.0. The first-order valence-electron chi connectivity index (χ1n) is 9.27. The molecular formula is C21H24Cl2N2O3. The predicted molar refractivity (Wildman–Crippen MR) is 113 cm³/mol. The maximum absolute atomic E-state index is 13.4. The predicted octanol–water partition coefficient (Wildman–Crippen LogP) is 3.93. The highest BCUT2D eigenvalue weighted by Gasteiger charge is 2.52. The summed E-state index contributed by atoms with van der Waals surface area (Å²) in [4.78, 5) is 17.2. The molecule has 1 N–H and O–H groups in total. The van der Waals surface area contributed by atoms with Crippen LogP contribution in [0, 0.1) is 0 Å². The van der Waals surface area contributed by atoms with Crippen molar-refractivity contribution in [2.24, 2.45) is 0 Å². The van der Waals surface area contributed by atoms with E-state index in [1.807, 2.05) is 0 Å². The van der Waals surface area contributed by atoms with Crippen molar-refractivity contribution in [2.45, 2.75) is 19.4 Å². The lowest BCUT2D eigenvalue weighted by molar-refractivity contribution is -0.132. The molecule has 0 fully saturated rings. The minimum Gasteiger partial charge on any atom is -0.497 e. The maximum atomic E-state index is 13.4. The molecule has 28 heavy (non-hydrogen) atoms. The first-order valence-corrected chi connectivity index (χ1v) is 10.0. The van der Waals surface area contributed by atoms with Crippen LogP contribution in [0.5, 0.6) is 5.75 Å².